The van der Waals surface area contributed by atoms with Crippen LogP contribution in [-0.4, -0.2) is 50.9 Å². The molecule has 10 nitrogen and oxygen atoms in total. The number of hydrogen-bond donors (Lipinski definition) is 3. The van der Waals surface area contributed by atoms with Gasteiger partial charge in [0.05, 0.1) is 7.11 Å². The van der Waals surface area contributed by atoms with Crippen LogP contribution in [0.5, 0.6) is 5.88 Å². The fourth-order valence-corrected chi connectivity index (χ4v) is 5.91. The van der Waals surface area contributed by atoms with Crippen LogP contribution in [0, 0.1) is 27.7 Å². The number of nitrogens with one attached hydrogen (secondary N) is 1. The molecular weight excluding hydrogens is 1010 g/mol. The molecule has 4 aromatic heterocycles. The van der Waals surface area contributed by atoms with Gasteiger partial charge in [0.25, 0.3) is 11.1 Å². The first-order chi connectivity index (χ1) is 25.6. The number of rotatable bonds is 3. The number of H-pyrrole nitrogens is 1. The molecule has 2 aromatic carbocycles. The van der Waals surface area contributed by atoms with E-state index in [0.717, 1.165) is 52.9 Å². The van der Waals surface area contributed by atoms with Crippen LogP contribution in [0.4, 0.5) is 0 Å². The summed E-state index contributed by atoms with van der Waals surface area (Å²) in [6.07, 6.45) is 6.79. The first-order valence-electron chi connectivity index (χ1n) is 15.7. The molecule has 6 aromatic rings. The van der Waals surface area contributed by atoms with E-state index in [0.29, 0.717) is 16.5 Å². The van der Waals surface area contributed by atoms with Crippen LogP contribution < -0.4 is 56.0 Å². The van der Waals surface area contributed by atoms with E-state index in [1.165, 1.54) is 0 Å². The summed E-state index contributed by atoms with van der Waals surface area (Å²) in [6.45, 7) is 7.45. The van der Waals surface area contributed by atoms with Crippen LogP contribution in [0.25, 0.3) is 5.69 Å². The van der Waals surface area contributed by atoms with Crippen LogP contribution in [0.1, 0.15) is 29.7 Å². The molecule has 3 N–H and O–H groups in total. The van der Waals surface area contributed by atoms with Crippen LogP contribution in [-0.2, 0) is 0 Å². The molecular formula is C39H43BBr4ClN4NaO6. The van der Waals surface area contributed by atoms with Crippen LogP contribution >= 0.6 is 75.3 Å². The average Bonchev–Trinajstić information content (AvgIpc) is 3.16. The second-order valence-corrected chi connectivity index (χ2v) is 14.7. The second-order valence-electron chi connectivity index (χ2n) is 10.7. The van der Waals surface area contributed by atoms with Crippen molar-refractivity contribution >= 4 is 87.9 Å². The van der Waals surface area contributed by atoms with Crippen molar-refractivity contribution in [2.45, 2.75) is 35.1 Å². The van der Waals surface area contributed by atoms with Gasteiger partial charge in [-0.1, -0.05) is 67.6 Å². The monoisotopic (exact) mass is 1050 g/mol. The molecule has 0 radical (unpaired) electrons. The molecule has 0 fully saturated rings. The van der Waals surface area contributed by atoms with Gasteiger partial charge >= 0.3 is 36.7 Å². The largest absolute Gasteiger partial charge is 1.00 e. The molecule has 6 rings (SSSR count). The fraction of sp³-hybridized carbons (Fsp3) is 0.179. The second kappa shape index (κ2) is 30.6. The molecule has 0 aliphatic rings. The Morgan fingerprint density at radius 2 is 1.21 bits per heavy atom. The molecule has 294 valence electrons. The standard InChI is InChI=1S/C12H10BrNO.C7H8BrNO.C6H7BO2.C6H5BrClN.C6H6BrNO.CH3O.CH4.Na/c1-9-7-10(13)8-14(12(9)15)11-5-3-2-4-6-11;1-5-3-6(8)4-9-7(5)10-2;8-7(9)6-4-2-1-3-5-6;1-4-2-5(7)3-9-6(4)8;1-4-2-5(7)3-8-6(4)9;1-2;;/h2-8H,1H3;3-4H,1-2H3;1-5,8-9H;2-3H,1H3;2-3H,1H3,(H,8,9);1H3;1H4;/q;;;;;-1;;+1. The number of benzene rings is 2. The van der Waals surface area contributed by atoms with E-state index < -0.39 is 7.12 Å². The van der Waals surface area contributed by atoms with E-state index >= 15 is 0 Å². The van der Waals surface area contributed by atoms with Crippen molar-refractivity contribution in [2.75, 3.05) is 14.2 Å². The Morgan fingerprint density at radius 3 is 1.64 bits per heavy atom. The summed E-state index contributed by atoms with van der Waals surface area (Å²) < 4.78 is 10.4. The predicted octanol–water partition coefficient (Wildman–Crippen LogP) is 5.30. The Balaban J connectivity index is 0. The average molecular weight is 1050 g/mol. The third kappa shape index (κ3) is 21.4. The number of aromatic nitrogens is 4. The molecule has 0 saturated carbocycles. The minimum atomic E-state index is -1.34. The number of hydrogen-bond acceptors (Lipinski definition) is 8. The van der Waals surface area contributed by atoms with Gasteiger partial charge < -0.3 is 24.9 Å². The van der Waals surface area contributed by atoms with Crippen LogP contribution in [0.2, 0.25) is 5.15 Å². The van der Waals surface area contributed by atoms with Gasteiger partial charge in [-0.05, 0) is 139 Å². The molecule has 0 amide bonds. The van der Waals surface area contributed by atoms with E-state index in [2.05, 4.69) is 78.7 Å². The predicted molar refractivity (Wildman–Crippen MR) is 238 cm³/mol. The summed E-state index contributed by atoms with van der Waals surface area (Å²) in [5.41, 5.74) is 4.88. The number of halogens is 5. The Kier molecular flexibility index (Phi) is 30.5. The van der Waals surface area contributed by atoms with E-state index in [4.69, 9.17) is 31.5 Å². The third-order valence-electron chi connectivity index (χ3n) is 6.52. The number of para-hydroxylation sites is 1. The first kappa shape index (κ1) is 55.7. The molecule has 0 unspecified atom stereocenters. The Labute approximate surface area is 389 Å². The molecule has 0 saturated heterocycles. The Bertz CT molecular complexity index is 2130. The quantitative estimate of drug-likeness (QED) is 0.160. The summed E-state index contributed by atoms with van der Waals surface area (Å²) in [7, 11) is 1.02. The zero-order chi connectivity index (χ0) is 40.8. The zero-order valence-electron chi connectivity index (χ0n) is 31.2. The molecule has 0 aliphatic heterocycles. The summed E-state index contributed by atoms with van der Waals surface area (Å²) in [4.78, 5) is 33.0. The van der Waals surface area contributed by atoms with E-state index in [-0.39, 0.29) is 48.1 Å². The Morgan fingerprint density at radius 1 is 0.732 bits per heavy atom. The van der Waals surface area contributed by atoms with Gasteiger partial charge in [-0.25, -0.2) is 9.97 Å². The van der Waals surface area contributed by atoms with Gasteiger partial charge in [-0.3, -0.25) is 14.2 Å². The smallest absolute Gasteiger partial charge is 0.857 e. The maximum atomic E-state index is 11.9. The zero-order valence-corrected chi connectivity index (χ0v) is 40.3. The summed E-state index contributed by atoms with van der Waals surface area (Å²) >= 11 is 18.8. The van der Waals surface area contributed by atoms with Gasteiger partial charge in [-0.15, -0.1) is 0 Å². The van der Waals surface area contributed by atoms with Crippen molar-refractivity contribution in [3.05, 3.63) is 176 Å². The van der Waals surface area contributed by atoms with Gasteiger partial charge in [0.15, 0.2) is 0 Å². The van der Waals surface area contributed by atoms with Crippen molar-refractivity contribution in [2.24, 2.45) is 0 Å². The molecule has 0 atom stereocenters. The maximum Gasteiger partial charge on any atom is 1.00 e. The minimum absolute atomic E-state index is 0. The molecule has 0 aliphatic carbocycles. The van der Waals surface area contributed by atoms with E-state index in [9.17, 15) is 9.59 Å². The maximum absolute atomic E-state index is 11.9. The fourth-order valence-electron chi connectivity index (χ4n) is 3.91. The number of nitrogens with zero attached hydrogens (tertiary/aromatic N) is 3. The van der Waals surface area contributed by atoms with Crippen LogP contribution in [0.3, 0.4) is 0 Å². The van der Waals surface area contributed by atoms with Gasteiger partial charge in [0.1, 0.15) is 5.15 Å². The SMILES string of the molecule is C.COc1ncc(Br)cc1C.C[O-].Cc1cc(Br)c[nH]c1=O.Cc1cc(Br)cn(-c2ccccc2)c1=O.Cc1cc(Br)cnc1Cl.OB(O)c1ccccc1.[Na+]. The summed E-state index contributed by atoms with van der Waals surface area (Å²) in [6, 6.07) is 25.7. The molecule has 4 heterocycles. The Hall–Kier alpha value is -2.41. The van der Waals surface area contributed by atoms with Crippen molar-refractivity contribution in [1.29, 1.82) is 0 Å². The molecule has 0 bridgehead atoms. The van der Waals surface area contributed by atoms with E-state index in [1.54, 1.807) is 73.7 Å². The van der Waals surface area contributed by atoms with Crippen molar-refractivity contribution < 1.29 is 49.4 Å². The minimum Gasteiger partial charge on any atom is -0.857 e. The number of aryl methyl sites for hydroxylation is 4. The normalized spacial score (nSPS) is 9.11. The number of methoxy groups -OCH3 is 1. The molecule has 0 spiro atoms. The van der Waals surface area contributed by atoms with Gasteiger partial charge in [-0.2, -0.15) is 7.11 Å². The molecule has 17 heteroatoms. The number of pyridine rings is 4. The van der Waals surface area contributed by atoms with Gasteiger partial charge in [0.2, 0.25) is 5.88 Å². The molecule has 56 heavy (non-hydrogen) atoms. The topological polar surface area (TPSA) is 153 Å². The van der Waals surface area contributed by atoms with E-state index in [1.807, 2.05) is 75.4 Å². The first-order valence-corrected chi connectivity index (χ1v) is 19.2. The number of aromatic amines is 1. The van der Waals surface area contributed by atoms with Crippen molar-refractivity contribution in [3.8, 4) is 11.6 Å². The number of ether oxygens (including phenoxy) is 1. The summed E-state index contributed by atoms with van der Waals surface area (Å²) in [5, 5.41) is 26.0. The van der Waals surface area contributed by atoms with Gasteiger partial charge in [0, 0.05) is 65.1 Å². The third-order valence-corrected chi connectivity index (χ3v) is 8.67. The van der Waals surface area contributed by atoms with Crippen molar-refractivity contribution in [3.63, 3.8) is 0 Å². The van der Waals surface area contributed by atoms with Crippen LogP contribution in [0.15, 0.2) is 137 Å². The van der Waals surface area contributed by atoms with Crippen molar-refractivity contribution in [1.82, 2.24) is 19.5 Å². The summed E-state index contributed by atoms with van der Waals surface area (Å²) in [5.74, 6) is 0.684.